The van der Waals surface area contributed by atoms with Crippen molar-refractivity contribution < 1.29 is 0 Å². The summed E-state index contributed by atoms with van der Waals surface area (Å²) in [5, 5.41) is 11.6. The minimum Gasteiger partial charge on any atom is -0.382 e. The standard InChI is InChI=1S/C11H18N4/c1-7-5-10(12)14-15-11(7)9-3-4-13-6-8(9)2/h5,8-9,13H,3-4,6H2,1-2H3,(H2,12,14)/t8-,9+/m0/s1. The molecule has 2 atom stereocenters. The van der Waals surface area contributed by atoms with Crippen LogP contribution in [0.4, 0.5) is 5.82 Å². The third-order valence-electron chi connectivity index (χ3n) is 3.18. The molecule has 0 aliphatic carbocycles. The summed E-state index contributed by atoms with van der Waals surface area (Å²) in [6.07, 6.45) is 1.14. The average molecular weight is 206 g/mol. The van der Waals surface area contributed by atoms with Crippen molar-refractivity contribution in [3.63, 3.8) is 0 Å². The summed E-state index contributed by atoms with van der Waals surface area (Å²) in [5.41, 5.74) is 7.90. The molecule has 4 heteroatoms. The zero-order valence-electron chi connectivity index (χ0n) is 9.33. The van der Waals surface area contributed by atoms with E-state index in [1.54, 1.807) is 0 Å². The highest BCUT2D eigenvalue weighted by Gasteiger charge is 2.25. The highest BCUT2D eigenvalue weighted by molar-refractivity contribution is 5.34. The number of aromatic nitrogens is 2. The molecule has 3 N–H and O–H groups in total. The molecule has 0 bridgehead atoms. The van der Waals surface area contributed by atoms with Crippen LogP contribution in [0.15, 0.2) is 6.07 Å². The first kappa shape index (κ1) is 10.4. The van der Waals surface area contributed by atoms with Crippen LogP contribution in [0.25, 0.3) is 0 Å². The molecule has 1 aromatic heterocycles. The number of nitrogens with zero attached hydrogens (tertiary/aromatic N) is 2. The fourth-order valence-corrected chi connectivity index (χ4v) is 2.30. The Hall–Kier alpha value is -1.16. The minimum absolute atomic E-state index is 0.512. The van der Waals surface area contributed by atoms with E-state index >= 15 is 0 Å². The van der Waals surface area contributed by atoms with Crippen LogP contribution in [-0.4, -0.2) is 23.3 Å². The van der Waals surface area contributed by atoms with Gasteiger partial charge in [0.2, 0.25) is 0 Å². The van der Waals surface area contributed by atoms with Gasteiger partial charge in [0.05, 0.1) is 5.69 Å². The fraction of sp³-hybridized carbons (Fsp3) is 0.636. The van der Waals surface area contributed by atoms with Crippen molar-refractivity contribution in [2.75, 3.05) is 18.8 Å². The summed E-state index contributed by atoms with van der Waals surface area (Å²) in [5.74, 6) is 1.66. The lowest BCUT2D eigenvalue weighted by Crippen LogP contribution is -2.34. The fourth-order valence-electron chi connectivity index (χ4n) is 2.30. The predicted molar refractivity (Wildman–Crippen MR) is 60.6 cm³/mol. The Morgan fingerprint density at radius 2 is 2.27 bits per heavy atom. The molecule has 1 saturated heterocycles. The van der Waals surface area contributed by atoms with Gasteiger partial charge in [-0.2, -0.15) is 5.10 Å². The van der Waals surface area contributed by atoms with Gasteiger partial charge < -0.3 is 11.1 Å². The molecule has 1 aromatic rings. The molecule has 2 heterocycles. The van der Waals surface area contributed by atoms with E-state index < -0.39 is 0 Å². The normalized spacial score (nSPS) is 26.5. The summed E-state index contributed by atoms with van der Waals surface area (Å²) in [4.78, 5) is 0. The Labute approximate surface area is 90.3 Å². The molecule has 1 aliphatic heterocycles. The van der Waals surface area contributed by atoms with Crippen LogP contribution in [0.3, 0.4) is 0 Å². The molecule has 4 nitrogen and oxygen atoms in total. The van der Waals surface area contributed by atoms with Gasteiger partial charge in [-0.1, -0.05) is 6.92 Å². The van der Waals surface area contributed by atoms with E-state index in [0.29, 0.717) is 17.7 Å². The number of rotatable bonds is 1. The molecule has 0 radical (unpaired) electrons. The Morgan fingerprint density at radius 3 is 2.93 bits per heavy atom. The van der Waals surface area contributed by atoms with Crippen LogP contribution in [0, 0.1) is 12.8 Å². The third kappa shape index (κ3) is 2.09. The zero-order valence-corrected chi connectivity index (χ0v) is 9.33. The van der Waals surface area contributed by atoms with Crippen molar-refractivity contribution >= 4 is 5.82 Å². The van der Waals surface area contributed by atoms with Gasteiger partial charge >= 0.3 is 0 Å². The van der Waals surface area contributed by atoms with Crippen molar-refractivity contribution in [1.29, 1.82) is 0 Å². The maximum Gasteiger partial charge on any atom is 0.146 e. The number of hydrogen-bond donors (Lipinski definition) is 2. The first-order valence-electron chi connectivity index (χ1n) is 5.49. The van der Waals surface area contributed by atoms with Crippen LogP contribution in [-0.2, 0) is 0 Å². The molecule has 1 fully saturated rings. The van der Waals surface area contributed by atoms with Gasteiger partial charge in [-0.25, -0.2) is 0 Å². The highest BCUT2D eigenvalue weighted by Crippen LogP contribution is 2.30. The highest BCUT2D eigenvalue weighted by atomic mass is 15.1. The van der Waals surface area contributed by atoms with Crippen molar-refractivity contribution in [3.8, 4) is 0 Å². The van der Waals surface area contributed by atoms with Crippen molar-refractivity contribution in [2.24, 2.45) is 5.92 Å². The van der Waals surface area contributed by atoms with Gasteiger partial charge in [0.15, 0.2) is 0 Å². The van der Waals surface area contributed by atoms with E-state index in [-0.39, 0.29) is 0 Å². The molecule has 0 amide bonds. The van der Waals surface area contributed by atoms with Gasteiger partial charge in [-0.15, -0.1) is 5.10 Å². The van der Waals surface area contributed by atoms with E-state index in [2.05, 4.69) is 29.4 Å². The van der Waals surface area contributed by atoms with Gasteiger partial charge in [0.25, 0.3) is 0 Å². The Balaban J connectivity index is 2.27. The SMILES string of the molecule is Cc1cc(N)nnc1[C@@H]1CCNC[C@@H]1C. The van der Waals surface area contributed by atoms with Gasteiger partial charge in [0, 0.05) is 5.92 Å². The largest absolute Gasteiger partial charge is 0.382 e. The number of aryl methyl sites for hydroxylation is 1. The van der Waals surface area contributed by atoms with E-state index in [4.69, 9.17) is 5.73 Å². The molecule has 2 rings (SSSR count). The monoisotopic (exact) mass is 206 g/mol. The second-order valence-electron chi connectivity index (χ2n) is 4.41. The average Bonchev–Trinajstić information content (AvgIpc) is 2.20. The second kappa shape index (κ2) is 4.14. The summed E-state index contributed by atoms with van der Waals surface area (Å²) in [7, 11) is 0. The molecular weight excluding hydrogens is 188 g/mol. The summed E-state index contributed by atoms with van der Waals surface area (Å²) >= 11 is 0. The van der Waals surface area contributed by atoms with Crippen molar-refractivity contribution in [2.45, 2.75) is 26.2 Å². The molecule has 15 heavy (non-hydrogen) atoms. The Bertz CT molecular complexity index is 350. The Morgan fingerprint density at radius 1 is 1.47 bits per heavy atom. The van der Waals surface area contributed by atoms with E-state index in [1.807, 2.05) is 6.07 Å². The van der Waals surface area contributed by atoms with E-state index in [1.165, 1.54) is 5.56 Å². The van der Waals surface area contributed by atoms with Crippen LogP contribution >= 0.6 is 0 Å². The lowest BCUT2D eigenvalue weighted by Gasteiger charge is -2.29. The number of piperidine rings is 1. The minimum atomic E-state index is 0.512. The Kier molecular flexibility index (Phi) is 2.86. The third-order valence-corrected chi connectivity index (χ3v) is 3.18. The molecule has 82 valence electrons. The summed E-state index contributed by atoms with van der Waals surface area (Å²) < 4.78 is 0. The molecule has 1 aliphatic rings. The number of hydrogen-bond acceptors (Lipinski definition) is 4. The number of nitrogens with two attached hydrogens (primary N) is 1. The summed E-state index contributed by atoms with van der Waals surface area (Å²) in [6.45, 7) is 6.46. The first-order valence-corrected chi connectivity index (χ1v) is 5.49. The van der Waals surface area contributed by atoms with Crippen LogP contribution in [0.1, 0.15) is 30.5 Å². The maximum absolute atomic E-state index is 5.61. The predicted octanol–water partition coefficient (Wildman–Crippen LogP) is 1.08. The lowest BCUT2D eigenvalue weighted by atomic mass is 9.84. The molecule has 0 spiro atoms. The van der Waals surface area contributed by atoms with Gasteiger partial charge in [-0.05, 0) is 44.0 Å². The molecule has 0 aromatic carbocycles. The van der Waals surface area contributed by atoms with E-state index in [0.717, 1.165) is 25.2 Å². The number of nitrogens with one attached hydrogen (secondary N) is 1. The quantitative estimate of drug-likeness (QED) is 0.721. The van der Waals surface area contributed by atoms with Gasteiger partial charge in [0.1, 0.15) is 5.82 Å². The van der Waals surface area contributed by atoms with E-state index in [9.17, 15) is 0 Å². The topological polar surface area (TPSA) is 63.8 Å². The smallest absolute Gasteiger partial charge is 0.146 e. The molecule has 0 unspecified atom stereocenters. The molecule has 0 saturated carbocycles. The number of anilines is 1. The number of nitrogen functional groups attached to an aromatic ring is 1. The first-order chi connectivity index (χ1) is 7.18. The summed E-state index contributed by atoms with van der Waals surface area (Å²) in [6, 6.07) is 1.91. The van der Waals surface area contributed by atoms with Crippen LogP contribution < -0.4 is 11.1 Å². The van der Waals surface area contributed by atoms with Crippen molar-refractivity contribution in [3.05, 3.63) is 17.3 Å². The second-order valence-corrected chi connectivity index (χ2v) is 4.41. The van der Waals surface area contributed by atoms with Crippen LogP contribution in [0.5, 0.6) is 0 Å². The zero-order chi connectivity index (χ0) is 10.8. The lowest BCUT2D eigenvalue weighted by molar-refractivity contribution is 0.341. The van der Waals surface area contributed by atoms with Crippen LogP contribution in [0.2, 0.25) is 0 Å². The van der Waals surface area contributed by atoms with Crippen molar-refractivity contribution in [1.82, 2.24) is 15.5 Å². The van der Waals surface area contributed by atoms with Gasteiger partial charge in [-0.3, -0.25) is 0 Å². The maximum atomic E-state index is 5.61. The molecular formula is C11H18N4.